The van der Waals surface area contributed by atoms with Crippen LogP contribution in [0.15, 0.2) is 22.7 Å². The fourth-order valence-electron chi connectivity index (χ4n) is 1.70. The van der Waals surface area contributed by atoms with Crippen molar-refractivity contribution in [3.63, 3.8) is 0 Å². The quantitative estimate of drug-likeness (QED) is 0.808. The van der Waals surface area contributed by atoms with Crippen LogP contribution in [0.5, 0.6) is 5.75 Å². The van der Waals surface area contributed by atoms with Gasteiger partial charge in [-0.05, 0) is 31.7 Å². The predicted octanol–water partition coefficient (Wildman–Crippen LogP) is 2.62. The second kappa shape index (κ2) is 7.50. The van der Waals surface area contributed by atoms with Crippen molar-refractivity contribution in [1.82, 2.24) is 5.32 Å². The molecule has 2 atom stereocenters. The molecule has 0 bridgehead atoms. The summed E-state index contributed by atoms with van der Waals surface area (Å²) in [6.07, 6.45) is 0. The number of halogens is 1. The zero-order valence-corrected chi connectivity index (χ0v) is 13.2. The molecule has 0 aliphatic rings. The zero-order valence-electron chi connectivity index (χ0n) is 11.6. The summed E-state index contributed by atoms with van der Waals surface area (Å²) >= 11 is 3.46. The summed E-state index contributed by atoms with van der Waals surface area (Å²) in [7, 11) is 0. The Bertz CT molecular complexity index is 437. The number of carbonyl (C=O) groups excluding carboxylic acids is 1. The molecule has 1 rings (SSSR count). The molecule has 3 N–H and O–H groups in total. The van der Waals surface area contributed by atoms with Gasteiger partial charge in [0.1, 0.15) is 5.75 Å². The summed E-state index contributed by atoms with van der Waals surface area (Å²) in [4.78, 5) is 11.0. The summed E-state index contributed by atoms with van der Waals surface area (Å²) < 4.78 is 6.72. The van der Waals surface area contributed by atoms with Crippen molar-refractivity contribution in [1.29, 1.82) is 0 Å². The zero-order chi connectivity index (χ0) is 14.4. The molecule has 4 nitrogen and oxygen atoms in total. The molecule has 1 aromatic carbocycles. The van der Waals surface area contributed by atoms with Gasteiger partial charge in [0.15, 0.2) is 0 Å². The van der Waals surface area contributed by atoms with Crippen LogP contribution in [0, 0.1) is 5.92 Å². The lowest BCUT2D eigenvalue weighted by Crippen LogP contribution is -2.26. The molecule has 0 heterocycles. The van der Waals surface area contributed by atoms with E-state index in [0.29, 0.717) is 6.61 Å². The number of hydrogen-bond acceptors (Lipinski definition) is 3. The predicted molar refractivity (Wildman–Crippen MR) is 80.1 cm³/mol. The van der Waals surface area contributed by atoms with Crippen molar-refractivity contribution in [3.05, 3.63) is 28.2 Å². The number of amides is 1. The van der Waals surface area contributed by atoms with Crippen LogP contribution in [0.25, 0.3) is 0 Å². The summed E-state index contributed by atoms with van der Waals surface area (Å²) in [6, 6.07) is 6.03. The molecule has 0 radical (unpaired) electrons. The normalized spacial score (nSPS) is 13.9. The van der Waals surface area contributed by atoms with Crippen LogP contribution in [0.2, 0.25) is 0 Å². The highest BCUT2D eigenvalue weighted by Crippen LogP contribution is 2.28. The van der Waals surface area contributed by atoms with E-state index in [-0.39, 0.29) is 17.9 Å². The minimum absolute atomic E-state index is 0.182. The van der Waals surface area contributed by atoms with Gasteiger partial charge in [0.05, 0.1) is 12.5 Å². The minimum atomic E-state index is -0.349. The van der Waals surface area contributed by atoms with E-state index in [1.54, 1.807) is 6.92 Å². The van der Waals surface area contributed by atoms with Crippen LogP contribution >= 0.6 is 15.9 Å². The van der Waals surface area contributed by atoms with E-state index in [0.717, 1.165) is 22.3 Å². The van der Waals surface area contributed by atoms with Gasteiger partial charge in [-0.3, -0.25) is 4.79 Å². The van der Waals surface area contributed by atoms with Gasteiger partial charge in [-0.25, -0.2) is 0 Å². The number of rotatable bonds is 7. The fourth-order valence-corrected chi connectivity index (χ4v) is 2.08. The first-order valence-electron chi connectivity index (χ1n) is 6.40. The maximum absolute atomic E-state index is 11.0. The number of carbonyl (C=O) groups is 1. The summed E-state index contributed by atoms with van der Waals surface area (Å²) in [5.41, 5.74) is 6.29. The van der Waals surface area contributed by atoms with Gasteiger partial charge in [-0.1, -0.05) is 29.8 Å². The van der Waals surface area contributed by atoms with E-state index in [2.05, 4.69) is 35.1 Å². The molecule has 1 amide bonds. The lowest BCUT2D eigenvalue weighted by Gasteiger charge is -2.19. The van der Waals surface area contributed by atoms with E-state index in [9.17, 15) is 4.79 Å². The van der Waals surface area contributed by atoms with Crippen LogP contribution in [0.4, 0.5) is 0 Å². The lowest BCUT2D eigenvalue weighted by molar-refractivity contribution is -0.122. The Hall–Kier alpha value is -1.07. The lowest BCUT2D eigenvalue weighted by atomic mass is 10.1. The Morgan fingerprint density at radius 2 is 2.16 bits per heavy atom. The van der Waals surface area contributed by atoms with E-state index in [1.165, 1.54) is 0 Å². The number of nitrogens with one attached hydrogen (secondary N) is 1. The van der Waals surface area contributed by atoms with Gasteiger partial charge in [0, 0.05) is 16.1 Å². The molecule has 0 fully saturated rings. The average molecular weight is 329 g/mol. The van der Waals surface area contributed by atoms with Gasteiger partial charge in [-0.15, -0.1) is 0 Å². The molecular formula is C14H21BrN2O2. The first-order chi connectivity index (χ1) is 8.95. The SMILES string of the molecule is CCNC(C)c1cc(Br)ccc1OCC(C)C(N)=O. The summed E-state index contributed by atoms with van der Waals surface area (Å²) in [6.45, 7) is 7.07. The molecule has 19 heavy (non-hydrogen) atoms. The molecule has 0 spiro atoms. The largest absolute Gasteiger partial charge is 0.492 e. The van der Waals surface area contributed by atoms with E-state index in [1.807, 2.05) is 18.2 Å². The number of benzene rings is 1. The first-order valence-corrected chi connectivity index (χ1v) is 7.20. The van der Waals surface area contributed by atoms with Gasteiger partial charge >= 0.3 is 0 Å². The third-order valence-corrected chi connectivity index (χ3v) is 3.42. The standard InChI is InChI=1S/C14H21BrN2O2/c1-4-17-10(3)12-7-11(15)5-6-13(12)19-8-9(2)14(16)18/h5-7,9-10,17H,4,8H2,1-3H3,(H2,16,18). The maximum Gasteiger partial charge on any atom is 0.223 e. The van der Waals surface area contributed by atoms with Crippen molar-refractivity contribution < 1.29 is 9.53 Å². The smallest absolute Gasteiger partial charge is 0.223 e. The van der Waals surface area contributed by atoms with Gasteiger partial charge in [0.2, 0.25) is 5.91 Å². The third kappa shape index (κ3) is 4.84. The van der Waals surface area contributed by atoms with Crippen LogP contribution in [-0.4, -0.2) is 19.1 Å². The number of hydrogen-bond donors (Lipinski definition) is 2. The van der Waals surface area contributed by atoms with Gasteiger partial charge in [0.25, 0.3) is 0 Å². The Labute approximate surface area is 122 Å². The van der Waals surface area contributed by atoms with Gasteiger partial charge in [-0.2, -0.15) is 0 Å². The monoisotopic (exact) mass is 328 g/mol. The van der Waals surface area contributed by atoms with E-state index < -0.39 is 0 Å². The maximum atomic E-state index is 11.0. The molecule has 106 valence electrons. The molecule has 0 aliphatic heterocycles. The third-order valence-electron chi connectivity index (χ3n) is 2.92. The molecule has 2 unspecified atom stereocenters. The molecule has 0 aliphatic carbocycles. The Balaban J connectivity index is 2.84. The molecule has 5 heteroatoms. The van der Waals surface area contributed by atoms with Crippen molar-refractivity contribution in [2.45, 2.75) is 26.8 Å². The first kappa shape index (κ1) is 16.0. The Morgan fingerprint density at radius 1 is 1.47 bits per heavy atom. The molecule has 0 aromatic heterocycles. The second-order valence-electron chi connectivity index (χ2n) is 4.58. The number of ether oxygens (including phenoxy) is 1. The highest BCUT2D eigenvalue weighted by atomic mass is 79.9. The fraction of sp³-hybridized carbons (Fsp3) is 0.500. The number of primary amides is 1. The van der Waals surface area contributed by atoms with Crippen molar-refractivity contribution in [2.24, 2.45) is 11.7 Å². The molecular weight excluding hydrogens is 308 g/mol. The Kier molecular flexibility index (Phi) is 6.31. The van der Waals surface area contributed by atoms with E-state index >= 15 is 0 Å². The summed E-state index contributed by atoms with van der Waals surface area (Å²) in [5.74, 6) is 0.133. The average Bonchev–Trinajstić information content (AvgIpc) is 2.36. The second-order valence-corrected chi connectivity index (χ2v) is 5.49. The minimum Gasteiger partial charge on any atom is -0.492 e. The highest BCUT2D eigenvalue weighted by molar-refractivity contribution is 9.10. The van der Waals surface area contributed by atoms with E-state index in [4.69, 9.17) is 10.5 Å². The highest BCUT2D eigenvalue weighted by Gasteiger charge is 2.14. The topological polar surface area (TPSA) is 64.3 Å². The Morgan fingerprint density at radius 3 is 2.74 bits per heavy atom. The van der Waals surface area contributed by atoms with Crippen LogP contribution in [0.1, 0.15) is 32.4 Å². The van der Waals surface area contributed by atoms with Gasteiger partial charge < -0.3 is 15.8 Å². The number of nitrogens with two attached hydrogens (primary N) is 1. The van der Waals surface area contributed by atoms with Crippen molar-refractivity contribution >= 4 is 21.8 Å². The molecule has 0 saturated carbocycles. The van der Waals surface area contributed by atoms with Crippen LogP contribution in [-0.2, 0) is 4.79 Å². The summed E-state index contributed by atoms with van der Waals surface area (Å²) in [5, 5.41) is 3.35. The van der Waals surface area contributed by atoms with Crippen molar-refractivity contribution in [2.75, 3.05) is 13.2 Å². The van der Waals surface area contributed by atoms with Crippen molar-refractivity contribution in [3.8, 4) is 5.75 Å². The molecule has 1 aromatic rings. The molecule has 0 saturated heterocycles. The van der Waals surface area contributed by atoms with Crippen LogP contribution < -0.4 is 15.8 Å². The van der Waals surface area contributed by atoms with Crippen LogP contribution in [0.3, 0.4) is 0 Å².